The first kappa shape index (κ1) is 40.8. The Morgan fingerprint density at radius 2 is 1.00 bits per heavy atom. The number of aromatic hydroxyl groups is 1. The molecule has 1 aromatic carbocycles. The van der Waals surface area contributed by atoms with Gasteiger partial charge in [0.05, 0.1) is 32.2 Å². The average molecular weight is 633 g/mol. The van der Waals surface area contributed by atoms with Crippen LogP contribution in [0.5, 0.6) is 11.5 Å². The Hall–Kier alpha value is -2.24. The van der Waals surface area contributed by atoms with Crippen molar-refractivity contribution in [2.75, 3.05) is 20.3 Å². The lowest BCUT2D eigenvalue weighted by atomic mass is 9.87. The molecule has 0 saturated heterocycles. The molecule has 0 radical (unpaired) electrons. The average Bonchev–Trinajstić information content (AvgIpc) is 3.04. The minimum absolute atomic E-state index is 0.0756. The molecule has 0 saturated carbocycles. The third-order valence-corrected chi connectivity index (χ3v) is 9.21. The maximum Gasteiger partial charge on any atom is 0.308 e. The van der Waals surface area contributed by atoms with Crippen LogP contribution >= 0.6 is 0 Å². The Labute approximate surface area is 276 Å². The molecule has 260 valence electrons. The van der Waals surface area contributed by atoms with Gasteiger partial charge < -0.3 is 19.3 Å². The molecule has 45 heavy (non-hydrogen) atoms. The third kappa shape index (κ3) is 16.2. The molecule has 1 rings (SSSR count). The molecule has 0 bridgehead atoms. The van der Waals surface area contributed by atoms with E-state index in [1.165, 1.54) is 0 Å². The van der Waals surface area contributed by atoms with E-state index in [4.69, 9.17) is 14.2 Å². The fourth-order valence-corrected chi connectivity index (χ4v) is 6.00. The number of hydrogen-bond donors (Lipinski definition) is 1. The fourth-order valence-electron chi connectivity index (χ4n) is 6.00. The smallest absolute Gasteiger partial charge is 0.308 e. The van der Waals surface area contributed by atoms with E-state index in [1.54, 1.807) is 7.11 Å². The first-order valence-corrected chi connectivity index (χ1v) is 18.5. The zero-order valence-electron chi connectivity index (χ0n) is 30.1. The standard InChI is InChI=1S/C39H68O6/c1-8-12-16-20-24-32(28-44-38(41)30(5)22-18-14-10-3)34-27-37(43-7)35(26-36(34)40)33(25-21-17-13-9-2)29-45-39(42)31(6)23-19-15-11-4/h26-27,30-33,40H,8-25,28-29H2,1-7H3. The molecule has 1 N–H and O–H groups in total. The van der Waals surface area contributed by atoms with Crippen LogP contribution in [-0.2, 0) is 19.1 Å². The predicted octanol–water partition coefficient (Wildman–Crippen LogP) is 11.0. The van der Waals surface area contributed by atoms with Gasteiger partial charge in [-0.3, -0.25) is 9.59 Å². The lowest BCUT2D eigenvalue weighted by Crippen LogP contribution is -2.20. The first-order chi connectivity index (χ1) is 21.7. The van der Waals surface area contributed by atoms with Crippen LogP contribution in [0.4, 0.5) is 0 Å². The molecule has 4 atom stereocenters. The minimum Gasteiger partial charge on any atom is -0.508 e. The Bertz CT molecular complexity index is 928. The van der Waals surface area contributed by atoms with Gasteiger partial charge >= 0.3 is 11.9 Å². The second-order valence-electron chi connectivity index (χ2n) is 13.3. The van der Waals surface area contributed by atoms with Crippen molar-refractivity contribution >= 4 is 11.9 Å². The van der Waals surface area contributed by atoms with E-state index < -0.39 is 0 Å². The highest BCUT2D eigenvalue weighted by molar-refractivity contribution is 5.72. The van der Waals surface area contributed by atoms with Gasteiger partial charge in [-0.2, -0.15) is 0 Å². The number of unbranched alkanes of at least 4 members (excludes halogenated alkanes) is 10. The molecule has 0 aromatic heterocycles. The van der Waals surface area contributed by atoms with Crippen molar-refractivity contribution in [3.05, 3.63) is 23.3 Å². The summed E-state index contributed by atoms with van der Waals surface area (Å²) in [7, 11) is 1.66. The molecular weight excluding hydrogens is 564 g/mol. The topological polar surface area (TPSA) is 82.1 Å². The molecule has 0 heterocycles. The summed E-state index contributed by atoms with van der Waals surface area (Å²) in [5, 5.41) is 11.4. The van der Waals surface area contributed by atoms with Crippen molar-refractivity contribution < 1.29 is 28.9 Å². The highest BCUT2D eigenvalue weighted by Gasteiger charge is 2.26. The van der Waals surface area contributed by atoms with E-state index in [1.807, 2.05) is 26.0 Å². The SMILES string of the molecule is CCCCCCC(COC(=O)C(C)CCCCC)c1cc(OC)c(C(CCCCCC)COC(=O)C(C)CCCCC)cc1O. The number of phenolic OH excluding ortho intramolecular Hbond substituents is 1. The van der Waals surface area contributed by atoms with E-state index in [9.17, 15) is 14.7 Å². The number of carbonyl (C=O) groups is 2. The highest BCUT2D eigenvalue weighted by atomic mass is 16.5. The van der Waals surface area contributed by atoms with Crippen molar-refractivity contribution in [3.8, 4) is 11.5 Å². The number of phenols is 1. The van der Waals surface area contributed by atoms with Crippen molar-refractivity contribution in [1.29, 1.82) is 0 Å². The van der Waals surface area contributed by atoms with Crippen LogP contribution in [0.15, 0.2) is 12.1 Å². The molecule has 0 aliphatic rings. The molecular formula is C39H68O6. The second-order valence-corrected chi connectivity index (χ2v) is 13.3. The number of benzene rings is 1. The van der Waals surface area contributed by atoms with Crippen LogP contribution in [-0.4, -0.2) is 37.4 Å². The zero-order valence-corrected chi connectivity index (χ0v) is 30.1. The van der Waals surface area contributed by atoms with Gasteiger partial charge in [-0.1, -0.05) is 131 Å². The normalized spacial score (nSPS) is 14.0. The number of carbonyl (C=O) groups excluding carboxylic acids is 2. The summed E-state index contributed by atoms with van der Waals surface area (Å²) in [5.41, 5.74) is 1.62. The Morgan fingerprint density at radius 3 is 1.42 bits per heavy atom. The van der Waals surface area contributed by atoms with Gasteiger partial charge in [0.15, 0.2) is 0 Å². The van der Waals surface area contributed by atoms with Crippen molar-refractivity contribution in [2.45, 2.75) is 169 Å². The number of methoxy groups -OCH3 is 1. The minimum atomic E-state index is -0.161. The summed E-state index contributed by atoms with van der Waals surface area (Å²) in [4.78, 5) is 25.7. The quantitative estimate of drug-likeness (QED) is 0.0767. The molecule has 0 amide bonds. The van der Waals surface area contributed by atoms with Crippen LogP contribution in [0.3, 0.4) is 0 Å². The van der Waals surface area contributed by atoms with E-state index in [0.717, 1.165) is 127 Å². The van der Waals surface area contributed by atoms with E-state index in [0.29, 0.717) is 5.75 Å². The summed E-state index contributed by atoms with van der Waals surface area (Å²) in [6, 6.07) is 3.74. The predicted molar refractivity (Wildman–Crippen MR) is 186 cm³/mol. The summed E-state index contributed by atoms with van der Waals surface area (Å²) < 4.78 is 17.7. The van der Waals surface area contributed by atoms with E-state index >= 15 is 0 Å². The lowest BCUT2D eigenvalue weighted by molar-refractivity contribution is -0.149. The Morgan fingerprint density at radius 1 is 0.600 bits per heavy atom. The molecule has 0 aliphatic heterocycles. The van der Waals surface area contributed by atoms with Crippen molar-refractivity contribution in [1.82, 2.24) is 0 Å². The van der Waals surface area contributed by atoms with Crippen molar-refractivity contribution in [2.24, 2.45) is 11.8 Å². The number of esters is 2. The molecule has 0 spiro atoms. The Balaban J connectivity index is 3.21. The monoisotopic (exact) mass is 633 g/mol. The van der Waals surface area contributed by atoms with Crippen LogP contribution in [0.1, 0.15) is 180 Å². The highest BCUT2D eigenvalue weighted by Crippen LogP contribution is 2.40. The van der Waals surface area contributed by atoms with Gasteiger partial charge in [-0.15, -0.1) is 0 Å². The zero-order chi connectivity index (χ0) is 33.5. The maximum absolute atomic E-state index is 12.9. The Kier molecular flexibility index (Phi) is 22.6. The second kappa shape index (κ2) is 24.9. The third-order valence-electron chi connectivity index (χ3n) is 9.21. The molecule has 6 heteroatoms. The molecule has 1 aromatic rings. The van der Waals surface area contributed by atoms with Crippen LogP contribution < -0.4 is 4.74 Å². The van der Waals surface area contributed by atoms with Crippen LogP contribution in [0.2, 0.25) is 0 Å². The van der Waals surface area contributed by atoms with Gasteiger partial charge in [0.25, 0.3) is 0 Å². The largest absolute Gasteiger partial charge is 0.508 e. The lowest BCUT2D eigenvalue weighted by Gasteiger charge is -2.25. The molecule has 0 aliphatic carbocycles. The van der Waals surface area contributed by atoms with Crippen LogP contribution in [0.25, 0.3) is 0 Å². The van der Waals surface area contributed by atoms with Gasteiger partial charge in [0.1, 0.15) is 11.5 Å². The summed E-state index contributed by atoms with van der Waals surface area (Å²) in [6.45, 7) is 13.1. The number of ether oxygens (including phenoxy) is 3. The van der Waals surface area contributed by atoms with Gasteiger partial charge in [0, 0.05) is 23.0 Å². The fraction of sp³-hybridized carbons (Fsp3) is 0.795. The van der Waals surface area contributed by atoms with E-state index in [2.05, 4.69) is 27.7 Å². The maximum atomic E-state index is 12.9. The summed E-state index contributed by atoms with van der Waals surface area (Å²) >= 11 is 0. The van der Waals surface area contributed by atoms with Gasteiger partial charge in [-0.25, -0.2) is 0 Å². The molecule has 0 fully saturated rings. The number of hydrogen-bond acceptors (Lipinski definition) is 6. The van der Waals surface area contributed by atoms with Gasteiger partial charge in [-0.05, 0) is 37.8 Å². The summed E-state index contributed by atoms with van der Waals surface area (Å²) in [6.07, 6.45) is 18.7. The molecule has 4 unspecified atom stereocenters. The molecule has 6 nitrogen and oxygen atoms in total. The van der Waals surface area contributed by atoms with E-state index in [-0.39, 0.29) is 54.6 Å². The first-order valence-electron chi connectivity index (χ1n) is 18.5. The summed E-state index contributed by atoms with van der Waals surface area (Å²) in [5.74, 6) is 0.112. The van der Waals surface area contributed by atoms with Crippen LogP contribution in [0, 0.1) is 11.8 Å². The van der Waals surface area contributed by atoms with Gasteiger partial charge in [0.2, 0.25) is 0 Å². The van der Waals surface area contributed by atoms with Crippen molar-refractivity contribution in [3.63, 3.8) is 0 Å². The number of rotatable bonds is 27.